The Morgan fingerprint density at radius 1 is 0.846 bits per heavy atom. The Morgan fingerprint density at radius 3 is 1.58 bits per heavy atom. The Labute approximate surface area is 162 Å². The summed E-state index contributed by atoms with van der Waals surface area (Å²) < 4.78 is 44.2. The molecule has 0 aliphatic carbocycles. The molecule has 0 saturated carbocycles. The third-order valence-electron chi connectivity index (χ3n) is 5.41. The van der Waals surface area contributed by atoms with E-state index in [0.29, 0.717) is 0 Å². The number of benzene rings is 1. The van der Waals surface area contributed by atoms with Crippen LogP contribution in [0.5, 0.6) is 0 Å². The summed E-state index contributed by atoms with van der Waals surface area (Å²) in [5, 5.41) is 0. The van der Waals surface area contributed by atoms with Gasteiger partial charge in [-0.3, -0.25) is 0 Å². The fraction of sp³-hybridized carbons (Fsp3) is 0.636. The van der Waals surface area contributed by atoms with E-state index in [9.17, 15) is 13.2 Å². The molecule has 0 radical (unpaired) electrons. The summed E-state index contributed by atoms with van der Waals surface area (Å²) in [7, 11) is 0. The molecule has 4 heteroatoms. The molecule has 26 heavy (non-hydrogen) atoms. The van der Waals surface area contributed by atoms with Crippen molar-refractivity contribution in [1.82, 2.24) is 0 Å². The molecule has 0 unspecified atom stereocenters. The van der Waals surface area contributed by atoms with Crippen molar-refractivity contribution in [3.8, 4) is 0 Å². The Bertz CT molecular complexity index is 522. The number of allylic oxidation sites excluding steroid dienone is 1. The van der Waals surface area contributed by atoms with E-state index in [-0.39, 0.29) is 0 Å². The van der Waals surface area contributed by atoms with E-state index in [4.69, 9.17) is 0 Å². The van der Waals surface area contributed by atoms with Gasteiger partial charge < -0.3 is 0 Å². The van der Waals surface area contributed by atoms with Crippen LogP contribution in [0.1, 0.15) is 77.3 Å². The zero-order valence-corrected chi connectivity index (χ0v) is 19.7. The normalized spacial score (nSPS) is 13.3. The van der Waals surface area contributed by atoms with Gasteiger partial charge in [-0.2, -0.15) is 0 Å². The van der Waals surface area contributed by atoms with Gasteiger partial charge >= 0.3 is 162 Å². The molecule has 0 amide bonds. The van der Waals surface area contributed by atoms with Crippen LogP contribution in [-0.2, 0) is 6.18 Å². The van der Waals surface area contributed by atoms with Crippen molar-refractivity contribution in [1.29, 1.82) is 0 Å². The van der Waals surface area contributed by atoms with E-state index in [0.717, 1.165) is 5.56 Å². The van der Waals surface area contributed by atoms with Gasteiger partial charge in [-0.05, 0) is 0 Å². The van der Waals surface area contributed by atoms with Gasteiger partial charge in [0.1, 0.15) is 0 Å². The van der Waals surface area contributed by atoms with E-state index in [1.54, 1.807) is 12.1 Å². The fourth-order valence-corrected chi connectivity index (χ4v) is 21.2. The molecule has 0 N–H and O–H groups in total. The van der Waals surface area contributed by atoms with Crippen LogP contribution in [-0.4, -0.2) is 18.4 Å². The summed E-state index contributed by atoms with van der Waals surface area (Å²) in [5.74, 6) is 0. The summed E-state index contributed by atoms with van der Waals surface area (Å²) in [4.78, 5) is 0. The van der Waals surface area contributed by atoms with Crippen LogP contribution < -0.4 is 0 Å². The van der Waals surface area contributed by atoms with Crippen LogP contribution in [0.2, 0.25) is 13.3 Å². The van der Waals surface area contributed by atoms with Crippen LogP contribution in [0.4, 0.5) is 13.2 Å². The van der Waals surface area contributed by atoms with Crippen LogP contribution in [0.15, 0.2) is 30.3 Å². The number of rotatable bonds is 11. The number of hydrogen-bond acceptors (Lipinski definition) is 0. The van der Waals surface area contributed by atoms with Crippen molar-refractivity contribution in [2.45, 2.75) is 85.7 Å². The Hall–Kier alpha value is -0.451. The third-order valence-corrected chi connectivity index (χ3v) is 21.5. The monoisotopic (exact) mass is 476 g/mol. The Kier molecular flexibility index (Phi) is 10.3. The predicted molar refractivity (Wildman–Crippen MR) is 110 cm³/mol. The van der Waals surface area contributed by atoms with Gasteiger partial charge in [0.05, 0.1) is 0 Å². The number of alkyl halides is 3. The zero-order chi connectivity index (χ0) is 19.6. The summed E-state index contributed by atoms with van der Waals surface area (Å²) in [5.41, 5.74) is 0.493. The van der Waals surface area contributed by atoms with Crippen LogP contribution in [0.25, 0.3) is 3.59 Å². The molecular weight excluding hydrogens is 440 g/mol. The molecule has 0 nitrogen and oxygen atoms in total. The number of hydrogen-bond donors (Lipinski definition) is 0. The van der Waals surface area contributed by atoms with Gasteiger partial charge in [-0.15, -0.1) is 0 Å². The first-order valence-corrected chi connectivity index (χ1v) is 17.7. The van der Waals surface area contributed by atoms with Gasteiger partial charge in [0, 0.05) is 0 Å². The molecule has 0 saturated heterocycles. The third kappa shape index (κ3) is 6.61. The number of halogens is 3. The Balaban J connectivity index is 3.28. The van der Waals surface area contributed by atoms with Gasteiger partial charge in [0.25, 0.3) is 0 Å². The zero-order valence-electron chi connectivity index (χ0n) is 16.9. The first-order valence-electron chi connectivity index (χ1n) is 10.2. The average molecular weight is 475 g/mol. The van der Waals surface area contributed by atoms with E-state index in [2.05, 4.69) is 33.8 Å². The molecule has 0 aliphatic rings. The maximum atomic E-state index is 12.9. The van der Waals surface area contributed by atoms with Gasteiger partial charge in [0.15, 0.2) is 0 Å². The van der Waals surface area contributed by atoms with Crippen molar-refractivity contribution >= 4 is 22.0 Å². The molecule has 0 heterocycles. The second kappa shape index (κ2) is 11.4. The van der Waals surface area contributed by atoms with Crippen molar-refractivity contribution in [3.05, 3.63) is 41.5 Å². The molecule has 0 aliphatic heterocycles. The minimum absolute atomic E-state index is 0.548. The fourth-order valence-electron chi connectivity index (χ4n) is 3.94. The van der Waals surface area contributed by atoms with Gasteiger partial charge in [-0.1, -0.05) is 0 Å². The molecule has 148 valence electrons. The maximum absolute atomic E-state index is 12.9. The molecule has 1 rings (SSSR count). The molecule has 0 aromatic heterocycles. The van der Waals surface area contributed by atoms with E-state index in [1.165, 1.54) is 67.6 Å². The van der Waals surface area contributed by atoms with Crippen LogP contribution in [0.3, 0.4) is 0 Å². The van der Waals surface area contributed by atoms with E-state index < -0.39 is 30.1 Å². The first-order chi connectivity index (χ1) is 12.3. The van der Waals surface area contributed by atoms with E-state index >= 15 is 0 Å². The van der Waals surface area contributed by atoms with Crippen LogP contribution >= 0.6 is 0 Å². The molecule has 0 fully saturated rings. The Morgan fingerprint density at radius 2 is 1.27 bits per heavy atom. The molecule has 0 spiro atoms. The van der Waals surface area contributed by atoms with E-state index in [1.807, 2.05) is 0 Å². The second-order valence-corrected chi connectivity index (χ2v) is 20.5. The number of unbranched alkanes of at least 4 members (excludes halogenated alkanes) is 3. The molecular formula is C22H35F3Sn. The summed E-state index contributed by atoms with van der Waals surface area (Å²) in [6.45, 7) is 8.81. The first kappa shape index (κ1) is 23.6. The molecule has 1 aromatic rings. The van der Waals surface area contributed by atoms with Gasteiger partial charge in [0.2, 0.25) is 0 Å². The van der Waals surface area contributed by atoms with Crippen LogP contribution in [0, 0.1) is 0 Å². The van der Waals surface area contributed by atoms with Crippen molar-refractivity contribution in [3.63, 3.8) is 0 Å². The predicted octanol–water partition coefficient (Wildman–Crippen LogP) is 8.50. The molecule has 0 atom stereocenters. The second-order valence-electron chi connectivity index (χ2n) is 7.37. The minimum atomic E-state index is -4.26. The standard InChI is InChI=1S/C10H8F3.3C4H9.Sn/c1-2-3-8-4-6-9(7-5-8)10(11,12)13;3*1-3-4-2;/h2,4-7H,1H3;3*1,3-4H2,2H3;. The summed E-state index contributed by atoms with van der Waals surface area (Å²) in [6.07, 6.45) is 5.31. The topological polar surface area (TPSA) is 0 Å². The summed E-state index contributed by atoms with van der Waals surface area (Å²) in [6, 6.07) is 5.95. The van der Waals surface area contributed by atoms with Crippen molar-refractivity contribution in [2.24, 2.45) is 0 Å². The van der Waals surface area contributed by atoms with Crippen molar-refractivity contribution in [2.75, 3.05) is 0 Å². The average Bonchev–Trinajstić information content (AvgIpc) is 2.62. The molecule has 1 aromatic carbocycles. The SMILES string of the molecule is C/C=[C](/c1ccc(C(F)(F)F)cc1)[Sn]([CH2]CCC)([CH2]CCC)[CH2]CCC. The van der Waals surface area contributed by atoms with Crippen molar-refractivity contribution < 1.29 is 13.2 Å². The summed E-state index contributed by atoms with van der Waals surface area (Å²) >= 11 is -2.63. The quantitative estimate of drug-likeness (QED) is 0.282. The van der Waals surface area contributed by atoms with Gasteiger partial charge in [-0.25, -0.2) is 0 Å². The molecule has 0 bridgehead atoms.